The Morgan fingerprint density at radius 2 is 1.61 bits per heavy atom. The van der Waals surface area contributed by atoms with Crippen LogP contribution in [0.5, 0.6) is 0 Å². The van der Waals surface area contributed by atoms with Crippen molar-refractivity contribution in [2.45, 2.75) is 0 Å². The molecule has 4 aromatic rings. The number of fused-ring (bicyclic) bond motifs is 5. The fourth-order valence-corrected chi connectivity index (χ4v) is 4.04. The number of carbonyl (C=O) groups is 2. The summed E-state index contributed by atoms with van der Waals surface area (Å²) >= 11 is 1.26. The SMILES string of the molecule is O=C1c2sc3nc4ccccc4n3c2C(=O)N1c1ccccc1. The number of amides is 2. The number of anilines is 1. The van der Waals surface area contributed by atoms with Crippen LogP contribution in [0.25, 0.3) is 16.0 Å². The van der Waals surface area contributed by atoms with Crippen LogP contribution in [-0.2, 0) is 0 Å². The molecule has 5 rings (SSSR count). The lowest BCUT2D eigenvalue weighted by Gasteiger charge is -2.13. The summed E-state index contributed by atoms with van der Waals surface area (Å²) in [4.78, 5) is 32.4. The molecule has 0 saturated carbocycles. The fourth-order valence-electron chi connectivity index (χ4n) is 2.98. The molecule has 23 heavy (non-hydrogen) atoms. The maximum Gasteiger partial charge on any atom is 0.284 e. The van der Waals surface area contributed by atoms with Crippen molar-refractivity contribution >= 4 is 44.8 Å². The highest BCUT2D eigenvalue weighted by Crippen LogP contribution is 2.36. The standard InChI is InChI=1S/C17H9N3O2S/c21-15-13-14(16(22)19(15)10-6-2-1-3-7-10)23-17-18-11-8-4-5-9-12(11)20(13)17/h1-9H. The lowest BCUT2D eigenvalue weighted by atomic mass is 10.3. The fraction of sp³-hybridized carbons (Fsp3) is 0. The molecular weight excluding hydrogens is 310 g/mol. The normalized spacial score (nSPS) is 14.2. The van der Waals surface area contributed by atoms with E-state index in [1.807, 2.05) is 42.5 Å². The van der Waals surface area contributed by atoms with E-state index in [0.717, 1.165) is 11.0 Å². The van der Waals surface area contributed by atoms with E-state index in [-0.39, 0.29) is 11.8 Å². The molecule has 0 fully saturated rings. The molecule has 0 atom stereocenters. The van der Waals surface area contributed by atoms with E-state index in [9.17, 15) is 9.59 Å². The number of benzene rings is 2. The zero-order valence-corrected chi connectivity index (χ0v) is 12.6. The van der Waals surface area contributed by atoms with Crippen LogP contribution >= 0.6 is 11.3 Å². The summed E-state index contributed by atoms with van der Waals surface area (Å²) in [6, 6.07) is 16.6. The summed E-state index contributed by atoms with van der Waals surface area (Å²) in [6.45, 7) is 0. The number of hydrogen-bond acceptors (Lipinski definition) is 4. The molecule has 6 heteroatoms. The van der Waals surface area contributed by atoms with Gasteiger partial charge in [0.1, 0.15) is 10.6 Å². The van der Waals surface area contributed by atoms with Crippen LogP contribution in [0.1, 0.15) is 20.2 Å². The number of thiazole rings is 1. The molecule has 0 aliphatic carbocycles. The largest absolute Gasteiger partial charge is 0.284 e. The smallest absolute Gasteiger partial charge is 0.277 e. The second-order valence-electron chi connectivity index (χ2n) is 5.28. The molecule has 0 unspecified atom stereocenters. The van der Waals surface area contributed by atoms with Gasteiger partial charge in [0.2, 0.25) is 0 Å². The van der Waals surface area contributed by atoms with Crippen molar-refractivity contribution in [2.24, 2.45) is 0 Å². The van der Waals surface area contributed by atoms with E-state index in [0.29, 0.717) is 21.2 Å². The van der Waals surface area contributed by atoms with Crippen LogP contribution in [0, 0.1) is 0 Å². The minimum atomic E-state index is -0.300. The molecule has 0 bridgehead atoms. The van der Waals surface area contributed by atoms with Gasteiger partial charge in [0.05, 0.1) is 16.7 Å². The number of nitrogens with zero attached hydrogens (tertiary/aromatic N) is 3. The highest BCUT2D eigenvalue weighted by Gasteiger charge is 2.41. The second kappa shape index (κ2) is 4.27. The van der Waals surface area contributed by atoms with Crippen LogP contribution in [-0.4, -0.2) is 21.2 Å². The van der Waals surface area contributed by atoms with Gasteiger partial charge in [-0.05, 0) is 24.3 Å². The average molecular weight is 319 g/mol. The van der Waals surface area contributed by atoms with Crippen molar-refractivity contribution in [3.63, 3.8) is 0 Å². The van der Waals surface area contributed by atoms with Crippen molar-refractivity contribution in [3.05, 3.63) is 65.2 Å². The predicted octanol–water partition coefficient (Wildman–Crippen LogP) is 3.35. The lowest BCUT2D eigenvalue weighted by molar-refractivity contribution is 0.0925. The Morgan fingerprint density at radius 1 is 0.870 bits per heavy atom. The first kappa shape index (κ1) is 12.5. The number of para-hydroxylation sites is 3. The molecule has 0 N–H and O–H groups in total. The van der Waals surface area contributed by atoms with Crippen molar-refractivity contribution in [1.29, 1.82) is 0 Å². The maximum absolute atomic E-state index is 12.9. The average Bonchev–Trinajstić information content (AvgIpc) is 3.17. The van der Waals surface area contributed by atoms with E-state index in [1.165, 1.54) is 16.2 Å². The van der Waals surface area contributed by atoms with Gasteiger partial charge in [0.15, 0.2) is 4.96 Å². The Bertz CT molecular complexity index is 1110. The van der Waals surface area contributed by atoms with Crippen LogP contribution in [0.3, 0.4) is 0 Å². The van der Waals surface area contributed by atoms with Gasteiger partial charge in [-0.3, -0.25) is 14.0 Å². The van der Waals surface area contributed by atoms with Crippen LogP contribution < -0.4 is 4.90 Å². The highest BCUT2D eigenvalue weighted by molar-refractivity contribution is 7.19. The van der Waals surface area contributed by atoms with Gasteiger partial charge in [0.25, 0.3) is 11.8 Å². The molecule has 3 heterocycles. The lowest BCUT2D eigenvalue weighted by Crippen LogP contribution is -2.29. The first-order valence-electron chi connectivity index (χ1n) is 7.09. The Hall–Kier alpha value is -2.99. The number of hydrogen-bond donors (Lipinski definition) is 0. The van der Waals surface area contributed by atoms with Crippen molar-refractivity contribution in [2.75, 3.05) is 4.90 Å². The summed E-state index contributed by atoms with van der Waals surface area (Å²) in [5.74, 6) is -0.582. The monoisotopic (exact) mass is 319 g/mol. The third kappa shape index (κ3) is 1.53. The highest BCUT2D eigenvalue weighted by atomic mass is 32.1. The molecule has 2 aromatic heterocycles. The number of aromatic nitrogens is 2. The van der Waals surface area contributed by atoms with Crippen molar-refractivity contribution in [1.82, 2.24) is 9.38 Å². The Kier molecular flexibility index (Phi) is 2.33. The van der Waals surface area contributed by atoms with E-state index in [4.69, 9.17) is 0 Å². The van der Waals surface area contributed by atoms with Gasteiger partial charge in [0, 0.05) is 0 Å². The minimum Gasteiger partial charge on any atom is -0.277 e. The molecule has 0 radical (unpaired) electrons. The first-order valence-corrected chi connectivity index (χ1v) is 7.91. The summed E-state index contributed by atoms with van der Waals surface area (Å²) in [7, 11) is 0. The van der Waals surface area contributed by atoms with E-state index in [2.05, 4.69) is 4.98 Å². The summed E-state index contributed by atoms with van der Waals surface area (Å²) in [5.41, 5.74) is 2.66. The van der Waals surface area contributed by atoms with Crippen molar-refractivity contribution < 1.29 is 9.59 Å². The van der Waals surface area contributed by atoms with Crippen molar-refractivity contribution in [3.8, 4) is 0 Å². The third-order valence-electron chi connectivity index (χ3n) is 3.98. The second-order valence-corrected chi connectivity index (χ2v) is 6.26. The van der Waals surface area contributed by atoms with Gasteiger partial charge in [-0.25, -0.2) is 9.88 Å². The Balaban J connectivity index is 1.80. The van der Waals surface area contributed by atoms with Crippen LogP contribution in [0.4, 0.5) is 5.69 Å². The number of imidazole rings is 1. The quantitative estimate of drug-likeness (QED) is 0.506. The molecule has 1 aliphatic rings. The third-order valence-corrected chi connectivity index (χ3v) is 5.01. The first-order chi connectivity index (χ1) is 11.3. The summed E-state index contributed by atoms with van der Waals surface area (Å²) in [5, 5.41) is 0. The summed E-state index contributed by atoms with van der Waals surface area (Å²) in [6.07, 6.45) is 0. The maximum atomic E-state index is 12.9. The van der Waals surface area contributed by atoms with Gasteiger partial charge >= 0.3 is 0 Å². The van der Waals surface area contributed by atoms with Gasteiger partial charge in [-0.2, -0.15) is 0 Å². The van der Waals surface area contributed by atoms with Crippen LogP contribution in [0.2, 0.25) is 0 Å². The molecular formula is C17H9N3O2S. The molecule has 0 saturated heterocycles. The molecule has 1 aliphatic heterocycles. The minimum absolute atomic E-state index is 0.282. The van der Waals surface area contributed by atoms with Crippen LogP contribution in [0.15, 0.2) is 54.6 Å². The number of carbonyl (C=O) groups excluding carboxylic acids is 2. The molecule has 110 valence electrons. The zero-order chi connectivity index (χ0) is 15.6. The Morgan fingerprint density at radius 3 is 2.43 bits per heavy atom. The van der Waals surface area contributed by atoms with Gasteiger partial charge in [-0.15, -0.1) is 0 Å². The van der Waals surface area contributed by atoms with E-state index < -0.39 is 0 Å². The molecule has 2 amide bonds. The number of rotatable bonds is 1. The predicted molar refractivity (Wildman–Crippen MR) is 88.2 cm³/mol. The Labute approximate surface area is 134 Å². The van der Waals surface area contributed by atoms with Gasteiger partial charge in [-0.1, -0.05) is 41.7 Å². The molecule has 2 aromatic carbocycles. The molecule has 0 spiro atoms. The summed E-state index contributed by atoms with van der Waals surface area (Å²) < 4.78 is 1.79. The van der Waals surface area contributed by atoms with E-state index in [1.54, 1.807) is 16.5 Å². The van der Waals surface area contributed by atoms with Gasteiger partial charge < -0.3 is 0 Å². The molecule has 5 nitrogen and oxygen atoms in total. The topological polar surface area (TPSA) is 54.7 Å². The van der Waals surface area contributed by atoms with E-state index >= 15 is 0 Å². The zero-order valence-electron chi connectivity index (χ0n) is 11.8. The number of imide groups is 1.